The average molecular weight is 529 g/mol. The summed E-state index contributed by atoms with van der Waals surface area (Å²) in [7, 11) is 1.50. The van der Waals surface area contributed by atoms with E-state index in [2.05, 4.69) is 0 Å². The molecule has 0 unspecified atom stereocenters. The van der Waals surface area contributed by atoms with Crippen molar-refractivity contribution in [1.82, 2.24) is 0 Å². The molecule has 2 aromatic carbocycles. The van der Waals surface area contributed by atoms with Gasteiger partial charge in [0.1, 0.15) is 34.4 Å². The molecule has 7 nitrogen and oxygen atoms in total. The molecule has 1 aromatic heterocycles. The first-order chi connectivity index (χ1) is 18.9. The zero-order chi connectivity index (χ0) is 27.4. The quantitative estimate of drug-likeness (QED) is 0.270. The maximum atomic E-state index is 13.6. The molecule has 0 radical (unpaired) electrons. The minimum Gasteiger partial charge on any atom is -0.495 e. The molecule has 0 aliphatic carbocycles. The lowest BCUT2D eigenvalue weighted by atomic mass is 9.86. The molecular formula is C32H32O7. The number of rotatable bonds is 3. The molecule has 0 bridgehead atoms. The number of ketones is 1. The lowest BCUT2D eigenvalue weighted by Crippen LogP contribution is -2.24. The van der Waals surface area contributed by atoms with Crippen molar-refractivity contribution in [2.45, 2.75) is 63.9 Å². The highest BCUT2D eigenvalue weighted by Gasteiger charge is 2.37. The van der Waals surface area contributed by atoms with Crippen LogP contribution in [0.1, 0.15) is 85.0 Å². The summed E-state index contributed by atoms with van der Waals surface area (Å²) in [5, 5.41) is 0. The van der Waals surface area contributed by atoms with Gasteiger partial charge in [0.05, 0.1) is 25.6 Å². The van der Waals surface area contributed by atoms with Crippen LogP contribution < -0.4 is 9.47 Å². The zero-order valence-electron chi connectivity index (χ0n) is 22.2. The van der Waals surface area contributed by atoms with E-state index in [0.29, 0.717) is 66.3 Å². The van der Waals surface area contributed by atoms with Gasteiger partial charge >= 0.3 is 11.9 Å². The lowest BCUT2D eigenvalue weighted by Gasteiger charge is -2.27. The van der Waals surface area contributed by atoms with Gasteiger partial charge in [-0.25, -0.2) is 4.79 Å². The third-order valence-electron chi connectivity index (χ3n) is 7.19. The number of carbonyl (C=O) groups excluding carboxylic acids is 3. The van der Waals surface area contributed by atoms with Gasteiger partial charge in [-0.15, -0.1) is 0 Å². The van der Waals surface area contributed by atoms with Crippen LogP contribution in [0.4, 0.5) is 0 Å². The molecule has 0 N–H and O–H groups in total. The maximum absolute atomic E-state index is 13.6. The number of furan rings is 1. The molecule has 2 aliphatic heterocycles. The topological polar surface area (TPSA) is 92.0 Å². The number of Topliss-reactive ketones (excluding diaryl/α,β-unsaturated/α-hetero) is 1. The van der Waals surface area contributed by atoms with E-state index in [1.165, 1.54) is 7.11 Å². The second-order valence-corrected chi connectivity index (χ2v) is 10.0. The van der Waals surface area contributed by atoms with Crippen molar-refractivity contribution in [1.29, 1.82) is 0 Å². The Balaban J connectivity index is 1.60. The predicted octanol–water partition coefficient (Wildman–Crippen LogP) is 6.88. The van der Waals surface area contributed by atoms with Crippen LogP contribution in [-0.2, 0) is 14.3 Å². The summed E-state index contributed by atoms with van der Waals surface area (Å²) in [4.78, 5) is 38.4. The van der Waals surface area contributed by atoms with Gasteiger partial charge < -0.3 is 18.6 Å². The fourth-order valence-electron chi connectivity index (χ4n) is 5.25. The van der Waals surface area contributed by atoms with Crippen molar-refractivity contribution < 1.29 is 33.0 Å². The van der Waals surface area contributed by atoms with Crippen LogP contribution in [0.2, 0.25) is 0 Å². The first-order valence-corrected chi connectivity index (χ1v) is 13.4. The SMILES string of the molecule is COc1c2c(cc3c1[C@@H](c1ccc(-c4ccccc4)o1)CC(=O)O3)/C=C/CCCC(=O)CCC[C@H](C)OC2=O. The molecule has 3 aromatic rings. The predicted molar refractivity (Wildman–Crippen MR) is 146 cm³/mol. The Morgan fingerprint density at radius 3 is 2.56 bits per heavy atom. The van der Waals surface area contributed by atoms with Crippen LogP contribution in [0.15, 0.2) is 59.0 Å². The lowest BCUT2D eigenvalue weighted by molar-refractivity contribution is -0.135. The Labute approximate surface area is 227 Å². The van der Waals surface area contributed by atoms with Crippen LogP contribution in [0.3, 0.4) is 0 Å². The third-order valence-corrected chi connectivity index (χ3v) is 7.19. The summed E-state index contributed by atoms with van der Waals surface area (Å²) < 4.78 is 23.6. The van der Waals surface area contributed by atoms with E-state index in [-0.39, 0.29) is 23.9 Å². The van der Waals surface area contributed by atoms with Crippen molar-refractivity contribution in [3.8, 4) is 22.8 Å². The fraction of sp³-hybridized carbons (Fsp3) is 0.344. The smallest absolute Gasteiger partial charge is 0.342 e. The summed E-state index contributed by atoms with van der Waals surface area (Å²) in [5.41, 5.74) is 2.31. The number of esters is 2. The van der Waals surface area contributed by atoms with Crippen LogP contribution in [0.25, 0.3) is 17.4 Å². The summed E-state index contributed by atoms with van der Waals surface area (Å²) in [5.74, 6) is 0.685. The summed E-state index contributed by atoms with van der Waals surface area (Å²) >= 11 is 0. The van der Waals surface area contributed by atoms with Crippen LogP contribution in [-0.4, -0.2) is 30.9 Å². The van der Waals surface area contributed by atoms with E-state index >= 15 is 0 Å². The van der Waals surface area contributed by atoms with Crippen molar-refractivity contribution in [3.63, 3.8) is 0 Å². The molecule has 3 heterocycles. The molecule has 2 atom stereocenters. The Kier molecular flexibility index (Phi) is 7.96. The summed E-state index contributed by atoms with van der Waals surface area (Å²) in [6.45, 7) is 1.83. The Hall–Kier alpha value is -4.13. The molecule has 5 rings (SSSR count). The van der Waals surface area contributed by atoms with Gasteiger partial charge in [-0.3, -0.25) is 9.59 Å². The molecule has 7 heteroatoms. The molecule has 0 saturated carbocycles. The summed E-state index contributed by atoms with van der Waals surface area (Å²) in [6.07, 6.45) is 7.05. The molecule has 2 aliphatic rings. The minimum atomic E-state index is -0.523. The van der Waals surface area contributed by atoms with Crippen LogP contribution in [0, 0.1) is 0 Å². The van der Waals surface area contributed by atoms with Crippen LogP contribution in [0.5, 0.6) is 11.5 Å². The van der Waals surface area contributed by atoms with E-state index in [1.54, 1.807) is 12.1 Å². The number of fused-ring (bicyclic) bond motifs is 2. The van der Waals surface area contributed by atoms with Gasteiger partial charge in [0.15, 0.2) is 0 Å². The number of methoxy groups -OCH3 is 1. The monoisotopic (exact) mass is 528 g/mol. The average Bonchev–Trinajstić information content (AvgIpc) is 3.42. The van der Waals surface area contributed by atoms with Gasteiger partial charge in [0.25, 0.3) is 0 Å². The number of ether oxygens (including phenoxy) is 3. The van der Waals surface area contributed by atoms with Gasteiger partial charge in [0.2, 0.25) is 0 Å². The van der Waals surface area contributed by atoms with E-state index in [1.807, 2.05) is 55.5 Å². The Bertz CT molecular complexity index is 1400. The molecular weight excluding hydrogens is 496 g/mol. The van der Waals surface area contributed by atoms with Crippen molar-refractivity contribution in [2.24, 2.45) is 0 Å². The molecule has 39 heavy (non-hydrogen) atoms. The van der Waals surface area contributed by atoms with E-state index in [0.717, 1.165) is 12.0 Å². The number of hydrogen-bond acceptors (Lipinski definition) is 7. The maximum Gasteiger partial charge on any atom is 0.342 e. The van der Waals surface area contributed by atoms with Crippen molar-refractivity contribution in [2.75, 3.05) is 7.11 Å². The molecule has 0 fully saturated rings. The molecule has 0 amide bonds. The summed E-state index contributed by atoms with van der Waals surface area (Å²) in [6, 6.07) is 15.1. The second kappa shape index (κ2) is 11.7. The van der Waals surface area contributed by atoms with Crippen molar-refractivity contribution in [3.05, 3.63) is 77.1 Å². The first kappa shape index (κ1) is 26.5. The fourth-order valence-corrected chi connectivity index (χ4v) is 5.25. The largest absolute Gasteiger partial charge is 0.495 e. The van der Waals surface area contributed by atoms with Crippen LogP contribution >= 0.6 is 0 Å². The van der Waals surface area contributed by atoms with E-state index < -0.39 is 17.9 Å². The molecule has 202 valence electrons. The highest BCUT2D eigenvalue weighted by molar-refractivity contribution is 5.99. The van der Waals surface area contributed by atoms with Crippen molar-refractivity contribution >= 4 is 23.8 Å². The molecule has 0 saturated heterocycles. The van der Waals surface area contributed by atoms with Gasteiger partial charge in [-0.1, -0.05) is 42.5 Å². The van der Waals surface area contributed by atoms with E-state index in [4.69, 9.17) is 18.6 Å². The highest BCUT2D eigenvalue weighted by atomic mass is 16.5. The zero-order valence-corrected chi connectivity index (χ0v) is 22.2. The van der Waals surface area contributed by atoms with Gasteiger partial charge in [0, 0.05) is 24.0 Å². The number of carbonyl (C=O) groups is 3. The highest BCUT2D eigenvalue weighted by Crippen LogP contribution is 2.48. The first-order valence-electron chi connectivity index (χ1n) is 13.4. The number of benzene rings is 2. The Morgan fingerprint density at radius 1 is 0.974 bits per heavy atom. The number of cyclic esters (lactones) is 1. The standard InChI is InChI=1S/C32H32O7/c1-20-10-9-15-23(33)14-8-4-7-13-22-18-27-30(31(36-2)29(22)32(35)37-20)24(19-28(34)39-27)26-17-16-25(38-26)21-11-5-3-6-12-21/h3,5-7,11-13,16-18,20,24H,4,8-10,14-15,19H2,1-2H3/b13-7+/t20-,24+/m0/s1. The third kappa shape index (κ3) is 5.82. The molecule has 0 spiro atoms. The number of allylic oxidation sites excluding steroid dienone is 1. The van der Waals surface area contributed by atoms with E-state index in [9.17, 15) is 14.4 Å². The van der Waals surface area contributed by atoms with Gasteiger partial charge in [-0.05, 0) is 56.4 Å². The number of hydrogen-bond donors (Lipinski definition) is 0. The minimum absolute atomic E-state index is 0.0409. The van der Waals surface area contributed by atoms with Gasteiger partial charge in [-0.2, -0.15) is 0 Å². The second-order valence-electron chi connectivity index (χ2n) is 10.0. The Morgan fingerprint density at radius 2 is 1.77 bits per heavy atom. The normalized spacial score (nSPS) is 21.1.